The SMILES string of the molecule is CCN(Cc1ccccn1)CC1CCNC1C. The van der Waals surface area contributed by atoms with E-state index < -0.39 is 0 Å². The first kappa shape index (κ1) is 12.5. The molecule has 1 aliphatic rings. The molecule has 0 saturated carbocycles. The number of hydrogen-bond acceptors (Lipinski definition) is 3. The summed E-state index contributed by atoms with van der Waals surface area (Å²) < 4.78 is 0. The highest BCUT2D eigenvalue weighted by Gasteiger charge is 2.24. The van der Waals surface area contributed by atoms with Crippen LogP contribution in [0.25, 0.3) is 0 Å². The predicted molar refractivity (Wildman–Crippen MR) is 70.8 cm³/mol. The van der Waals surface area contributed by atoms with Crippen LogP contribution in [0.15, 0.2) is 24.4 Å². The van der Waals surface area contributed by atoms with Gasteiger partial charge in [-0.3, -0.25) is 9.88 Å². The van der Waals surface area contributed by atoms with Gasteiger partial charge in [0.15, 0.2) is 0 Å². The first-order valence-electron chi connectivity index (χ1n) is 6.65. The summed E-state index contributed by atoms with van der Waals surface area (Å²) >= 11 is 0. The van der Waals surface area contributed by atoms with Crippen molar-refractivity contribution in [1.82, 2.24) is 15.2 Å². The van der Waals surface area contributed by atoms with Crippen LogP contribution in [0.2, 0.25) is 0 Å². The number of rotatable bonds is 5. The molecule has 2 atom stereocenters. The van der Waals surface area contributed by atoms with E-state index in [9.17, 15) is 0 Å². The highest BCUT2D eigenvalue weighted by molar-refractivity contribution is 5.03. The number of aromatic nitrogens is 1. The van der Waals surface area contributed by atoms with Gasteiger partial charge in [-0.2, -0.15) is 0 Å². The van der Waals surface area contributed by atoms with Crippen LogP contribution in [0, 0.1) is 5.92 Å². The standard InChI is InChI=1S/C14H23N3/c1-3-17(10-13-7-9-15-12(13)2)11-14-6-4-5-8-16-14/h4-6,8,12-13,15H,3,7,9-11H2,1-2H3. The molecule has 1 aromatic heterocycles. The molecular formula is C14H23N3. The van der Waals surface area contributed by atoms with E-state index >= 15 is 0 Å². The maximum absolute atomic E-state index is 4.40. The maximum Gasteiger partial charge on any atom is 0.0543 e. The van der Waals surface area contributed by atoms with E-state index in [2.05, 4.69) is 41.2 Å². The van der Waals surface area contributed by atoms with Crippen LogP contribution >= 0.6 is 0 Å². The smallest absolute Gasteiger partial charge is 0.0543 e. The van der Waals surface area contributed by atoms with E-state index in [1.807, 2.05) is 12.3 Å². The molecule has 3 nitrogen and oxygen atoms in total. The van der Waals surface area contributed by atoms with Crippen LogP contribution in [0.5, 0.6) is 0 Å². The van der Waals surface area contributed by atoms with Crippen molar-refractivity contribution in [3.8, 4) is 0 Å². The van der Waals surface area contributed by atoms with Gasteiger partial charge in [0.05, 0.1) is 5.69 Å². The van der Waals surface area contributed by atoms with Crippen molar-refractivity contribution in [2.45, 2.75) is 32.9 Å². The van der Waals surface area contributed by atoms with Gasteiger partial charge in [-0.15, -0.1) is 0 Å². The van der Waals surface area contributed by atoms with Gasteiger partial charge in [-0.1, -0.05) is 13.0 Å². The van der Waals surface area contributed by atoms with Gasteiger partial charge in [-0.05, 0) is 44.5 Å². The fraction of sp³-hybridized carbons (Fsp3) is 0.643. The Hall–Kier alpha value is -0.930. The lowest BCUT2D eigenvalue weighted by atomic mass is 10.0. The maximum atomic E-state index is 4.40. The third-order valence-electron chi connectivity index (χ3n) is 3.74. The summed E-state index contributed by atoms with van der Waals surface area (Å²) in [5.74, 6) is 0.790. The Labute approximate surface area is 104 Å². The van der Waals surface area contributed by atoms with Gasteiger partial charge in [0.2, 0.25) is 0 Å². The van der Waals surface area contributed by atoms with E-state index in [1.165, 1.54) is 25.2 Å². The van der Waals surface area contributed by atoms with E-state index in [4.69, 9.17) is 0 Å². The molecule has 1 aliphatic heterocycles. The van der Waals surface area contributed by atoms with Gasteiger partial charge in [0.1, 0.15) is 0 Å². The zero-order valence-corrected chi connectivity index (χ0v) is 10.9. The minimum absolute atomic E-state index is 0.660. The van der Waals surface area contributed by atoms with Gasteiger partial charge >= 0.3 is 0 Å². The third-order valence-corrected chi connectivity index (χ3v) is 3.74. The molecule has 2 heterocycles. The van der Waals surface area contributed by atoms with Crippen LogP contribution < -0.4 is 5.32 Å². The Morgan fingerprint density at radius 2 is 2.35 bits per heavy atom. The number of nitrogens with zero attached hydrogens (tertiary/aromatic N) is 2. The van der Waals surface area contributed by atoms with E-state index in [-0.39, 0.29) is 0 Å². The fourth-order valence-corrected chi connectivity index (χ4v) is 2.52. The quantitative estimate of drug-likeness (QED) is 0.842. The Kier molecular flexibility index (Phi) is 4.51. The van der Waals surface area contributed by atoms with Crippen molar-refractivity contribution in [2.75, 3.05) is 19.6 Å². The van der Waals surface area contributed by atoms with Gasteiger partial charge in [0.25, 0.3) is 0 Å². The van der Waals surface area contributed by atoms with E-state index in [0.717, 1.165) is 19.0 Å². The largest absolute Gasteiger partial charge is 0.314 e. The zero-order chi connectivity index (χ0) is 12.1. The first-order chi connectivity index (χ1) is 8.29. The summed E-state index contributed by atoms with van der Waals surface area (Å²) in [4.78, 5) is 6.90. The van der Waals surface area contributed by atoms with Gasteiger partial charge in [0, 0.05) is 25.3 Å². The van der Waals surface area contributed by atoms with E-state index in [0.29, 0.717) is 6.04 Å². The summed E-state index contributed by atoms with van der Waals surface area (Å²) in [5, 5.41) is 3.52. The molecule has 0 radical (unpaired) electrons. The van der Waals surface area contributed by atoms with Crippen LogP contribution in [0.3, 0.4) is 0 Å². The predicted octanol–water partition coefficient (Wildman–Crippen LogP) is 1.90. The molecule has 2 rings (SSSR count). The average Bonchev–Trinajstić information content (AvgIpc) is 2.75. The molecule has 94 valence electrons. The summed E-state index contributed by atoms with van der Waals surface area (Å²) in [6.45, 7) is 8.96. The molecule has 0 amide bonds. The minimum atomic E-state index is 0.660. The monoisotopic (exact) mass is 233 g/mol. The Morgan fingerprint density at radius 3 is 2.94 bits per heavy atom. The van der Waals surface area contributed by atoms with E-state index in [1.54, 1.807) is 0 Å². The summed E-state index contributed by atoms with van der Waals surface area (Å²) in [6, 6.07) is 6.81. The average molecular weight is 233 g/mol. The second kappa shape index (κ2) is 6.12. The molecule has 2 unspecified atom stereocenters. The lowest BCUT2D eigenvalue weighted by Gasteiger charge is -2.25. The molecule has 0 spiro atoms. The molecular weight excluding hydrogens is 210 g/mol. The van der Waals surface area contributed by atoms with Crippen LogP contribution in [0.1, 0.15) is 26.0 Å². The van der Waals surface area contributed by atoms with Crippen molar-refractivity contribution in [1.29, 1.82) is 0 Å². The minimum Gasteiger partial charge on any atom is -0.314 e. The van der Waals surface area contributed by atoms with Crippen molar-refractivity contribution >= 4 is 0 Å². The number of hydrogen-bond donors (Lipinski definition) is 1. The summed E-state index contributed by atoms with van der Waals surface area (Å²) in [6.07, 6.45) is 3.18. The van der Waals surface area contributed by atoms with Crippen molar-refractivity contribution in [2.24, 2.45) is 5.92 Å². The lowest BCUT2D eigenvalue weighted by Crippen LogP contribution is -2.34. The van der Waals surface area contributed by atoms with Gasteiger partial charge < -0.3 is 5.32 Å². The van der Waals surface area contributed by atoms with Crippen molar-refractivity contribution in [3.63, 3.8) is 0 Å². The highest BCUT2D eigenvalue weighted by atomic mass is 15.1. The van der Waals surface area contributed by atoms with Crippen molar-refractivity contribution in [3.05, 3.63) is 30.1 Å². The fourth-order valence-electron chi connectivity index (χ4n) is 2.52. The summed E-state index contributed by atoms with van der Waals surface area (Å²) in [7, 11) is 0. The zero-order valence-electron chi connectivity index (χ0n) is 10.9. The number of pyridine rings is 1. The molecule has 17 heavy (non-hydrogen) atoms. The lowest BCUT2D eigenvalue weighted by molar-refractivity contribution is 0.223. The number of nitrogens with one attached hydrogen (secondary N) is 1. The second-order valence-electron chi connectivity index (χ2n) is 4.94. The van der Waals surface area contributed by atoms with Crippen LogP contribution in [-0.2, 0) is 6.54 Å². The summed E-state index contributed by atoms with van der Waals surface area (Å²) in [5.41, 5.74) is 1.17. The Balaban J connectivity index is 1.88. The molecule has 1 N–H and O–H groups in total. The molecule has 0 aromatic carbocycles. The molecule has 0 aliphatic carbocycles. The topological polar surface area (TPSA) is 28.2 Å². The normalized spacial score (nSPS) is 24.4. The molecule has 1 fully saturated rings. The molecule has 0 bridgehead atoms. The van der Waals surface area contributed by atoms with Crippen LogP contribution in [-0.4, -0.2) is 35.6 Å². The Bertz CT molecular complexity index is 325. The first-order valence-corrected chi connectivity index (χ1v) is 6.65. The third kappa shape index (κ3) is 3.51. The Morgan fingerprint density at radius 1 is 1.47 bits per heavy atom. The second-order valence-corrected chi connectivity index (χ2v) is 4.94. The molecule has 3 heteroatoms. The van der Waals surface area contributed by atoms with Gasteiger partial charge in [-0.25, -0.2) is 0 Å². The molecule has 1 aromatic rings. The molecule has 1 saturated heterocycles. The van der Waals surface area contributed by atoms with Crippen molar-refractivity contribution < 1.29 is 0 Å². The van der Waals surface area contributed by atoms with Crippen LogP contribution in [0.4, 0.5) is 0 Å². The highest BCUT2D eigenvalue weighted by Crippen LogP contribution is 2.17.